The van der Waals surface area contributed by atoms with E-state index in [2.05, 4.69) is 10.3 Å². The quantitative estimate of drug-likeness (QED) is 0.778. The van der Waals surface area contributed by atoms with Crippen LogP contribution in [0.2, 0.25) is 0 Å². The molecule has 2 rings (SSSR count). The highest BCUT2D eigenvalue weighted by molar-refractivity contribution is 7.14. The average Bonchev–Trinajstić information content (AvgIpc) is 2.72. The Bertz CT molecular complexity index is 404. The van der Waals surface area contributed by atoms with E-state index in [1.54, 1.807) is 5.38 Å². The van der Waals surface area contributed by atoms with Gasteiger partial charge in [0, 0.05) is 18.5 Å². The van der Waals surface area contributed by atoms with Crippen LogP contribution in [-0.4, -0.2) is 35.2 Å². The van der Waals surface area contributed by atoms with Crippen molar-refractivity contribution in [3.63, 3.8) is 0 Å². The van der Waals surface area contributed by atoms with Crippen molar-refractivity contribution in [2.24, 2.45) is 0 Å². The SMILES string of the molecule is O=C(O)Cc1csc(N2CCNC2=O)n1. The number of amides is 2. The fraction of sp³-hybridized carbons (Fsp3) is 0.375. The molecule has 6 nitrogen and oxygen atoms in total. The molecule has 7 heteroatoms. The maximum absolute atomic E-state index is 11.3. The van der Waals surface area contributed by atoms with Crippen molar-refractivity contribution < 1.29 is 14.7 Å². The first-order valence-corrected chi connectivity index (χ1v) is 5.26. The van der Waals surface area contributed by atoms with Gasteiger partial charge >= 0.3 is 12.0 Å². The van der Waals surface area contributed by atoms with Crippen LogP contribution in [0, 0.1) is 0 Å². The van der Waals surface area contributed by atoms with Gasteiger partial charge in [-0.2, -0.15) is 0 Å². The minimum Gasteiger partial charge on any atom is -0.481 e. The lowest BCUT2D eigenvalue weighted by atomic mass is 10.3. The predicted octanol–water partition coefficient (Wildman–Crippen LogP) is 0.300. The third-order valence-corrected chi connectivity index (χ3v) is 2.87. The Balaban J connectivity index is 2.12. The minimum atomic E-state index is -0.919. The standard InChI is InChI=1S/C8H9N3O3S/c12-6(13)3-5-4-15-8(10-5)11-2-1-9-7(11)14/h4H,1-3H2,(H,9,14)(H,12,13). The maximum Gasteiger partial charge on any atom is 0.323 e. The van der Waals surface area contributed by atoms with Crippen molar-refractivity contribution >= 4 is 28.5 Å². The summed E-state index contributed by atoms with van der Waals surface area (Å²) in [4.78, 5) is 27.3. The van der Waals surface area contributed by atoms with Crippen molar-refractivity contribution in [2.45, 2.75) is 6.42 Å². The number of thiazole rings is 1. The molecule has 0 bridgehead atoms. The fourth-order valence-corrected chi connectivity index (χ4v) is 2.16. The molecule has 2 N–H and O–H groups in total. The molecule has 1 fully saturated rings. The molecule has 1 aromatic heterocycles. The van der Waals surface area contributed by atoms with Gasteiger partial charge in [-0.25, -0.2) is 9.78 Å². The Labute approximate surface area is 89.5 Å². The maximum atomic E-state index is 11.3. The number of carboxylic acid groups (broad SMARTS) is 1. The van der Waals surface area contributed by atoms with Gasteiger partial charge in [0.25, 0.3) is 0 Å². The summed E-state index contributed by atoms with van der Waals surface area (Å²) in [6.07, 6.45) is -0.105. The lowest BCUT2D eigenvalue weighted by Crippen LogP contribution is -2.27. The summed E-state index contributed by atoms with van der Waals surface area (Å²) in [6, 6.07) is -0.175. The van der Waals surface area contributed by atoms with Gasteiger partial charge in [0.05, 0.1) is 12.1 Å². The lowest BCUT2D eigenvalue weighted by Gasteiger charge is -2.08. The molecular formula is C8H9N3O3S. The van der Waals surface area contributed by atoms with E-state index in [4.69, 9.17) is 5.11 Å². The molecule has 0 atom stereocenters. The zero-order chi connectivity index (χ0) is 10.8. The van der Waals surface area contributed by atoms with E-state index in [1.165, 1.54) is 16.2 Å². The smallest absolute Gasteiger partial charge is 0.323 e. The van der Waals surface area contributed by atoms with E-state index in [-0.39, 0.29) is 12.5 Å². The van der Waals surface area contributed by atoms with Gasteiger partial charge in [0.2, 0.25) is 0 Å². The Kier molecular flexibility index (Phi) is 2.55. The molecule has 2 heterocycles. The zero-order valence-electron chi connectivity index (χ0n) is 7.77. The normalized spacial score (nSPS) is 15.5. The monoisotopic (exact) mass is 227 g/mol. The first kappa shape index (κ1) is 9.91. The topological polar surface area (TPSA) is 82.5 Å². The van der Waals surface area contributed by atoms with Crippen LogP contribution < -0.4 is 10.2 Å². The number of aromatic nitrogens is 1. The number of nitrogens with one attached hydrogen (secondary N) is 1. The number of hydrogen-bond acceptors (Lipinski definition) is 4. The van der Waals surface area contributed by atoms with Gasteiger partial charge in [-0.05, 0) is 0 Å². The highest BCUT2D eigenvalue weighted by atomic mass is 32.1. The molecule has 1 aliphatic rings. The molecule has 1 aromatic rings. The van der Waals surface area contributed by atoms with Crippen LogP contribution in [0.25, 0.3) is 0 Å². The molecule has 0 spiro atoms. The van der Waals surface area contributed by atoms with Crippen molar-refractivity contribution in [3.8, 4) is 0 Å². The molecular weight excluding hydrogens is 218 g/mol. The molecule has 15 heavy (non-hydrogen) atoms. The Morgan fingerprint density at radius 2 is 2.53 bits per heavy atom. The number of carbonyl (C=O) groups is 2. The minimum absolute atomic E-state index is 0.105. The number of hydrogen-bond donors (Lipinski definition) is 2. The number of anilines is 1. The Hall–Kier alpha value is -1.63. The summed E-state index contributed by atoms with van der Waals surface area (Å²) in [5.41, 5.74) is 0.488. The molecule has 0 radical (unpaired) electrons. The molecule has 2 amide bonds. The van der Waals surface area contributed by atoms with E-state index < -0.39 is 5.97 Å². The predicted molar refractivity (Wildman–Crippen MR) is 54.2 cm³/mol. The number of carbonyl (C=O) groups excluding carboxylic acids is 1. The van der Waals surface area contributed by atoms with Gasteiger partial charge in [-0.3, -0.25) is 9.69 Å². The van der Waals surface area contributed by atoms with Crippen LogP contribution in [0.3, 0.4) is 0 Å². The van der Waals surface area contributed by atoms with Crippen LogP contribution in [0.5, 0.6) is 0 Å². The first-order chi connectivity index (χ1) is 7.16. The second-order valence-corrected chi connectivity index (χ2v) is 3.91. The Morgan fingerprint density at radius 3 is 3.13 bits per heavy atom. The summed E-state index contributed by atoms with van der Waals surface area (Å²) in [6.45, 7) is 1.19. The van der Waals surface area contributed by atoms with Crippen LogP contribution in [-0.2, 0) is 11.2 Å². The van der Waals surface area contributed by atoms with Crippen molar-refractivity contribution in [2.75, 3.05) is 18.0 Å². The molecule has 0 aliphatic carbocycles. The molecule has 0 unspecified atom stereocenters. The second-order valence-electron chi connectivity index (χ2n) is 3.08. The van der Waals surface area contributed by atoms with Crippen molar-refractivity contribution in [1.82, 2.24) is 10.3 Å². The van der Waals surface area contributed by atoms with E-state index in [9.17, 15) is 9.59 Å². The second kappa shape index (κ2) is 3.85. The largest absolute Gasteiger partial charge is 0.481 e. The van der Waals surface area contributed by atoms with Crippen LogP contribution >= 0.6 is 11.3 Å². The number of aliphatic carboxylic acids is 1. The summed E-state index contributed by atoms with van der Waals surface area (Å²) in [5, 5.41) is 13.4. The zero-order valence-corrected chi connectivity index (χ0v) is 8.58. The van der Waals surface area contributed by atoms with E-state index in [0.717, 1.165) is 0 Å². The number of nitrogens with zero attached hydrogens (tertiary/aromatic N) is 2. The highest BCUT2D eigenvalue weighted by Crippen LogP contribution is 2.22. The van der Waals surface area contributed by atoms with Gasteiger partial charge in [-0.15, -0.1) is 11.3 Å². The van der Waals surface area contributed by atoms with Gasteiger partial charge in [-0.1, -0.05) is 0 Å². The number of carboxylic acids is 1. The lowest BCUT2D eigenvalue weighted by molar-refractivity contribution is -0.136. The molecule has 80 valence electrons. The number of rotatable bonds is 3. The summed E-state index contributed by atoms with van der Waals surface area (Å²) in [5.74, 6) is -0.919. The van der Waals surface area contributed by atoms with Crippen molar-refractivity contribution in [1.29, 1.82) is 0 Å². The summed E-state index contributed by atoms with van der Waals surface area (Å²) >= 11 is 1.28. The number of urea groups is 1. The first-order valence-electron chi connectivity index (χ1n) is 4.38. The molecule has 1 saturated heterocycles. The van der Waals surface area contributed by atoms with Gasteiger partial charge in [0.15, 0.2) is 5.13 Å². The van der Waals surface area contributed by atoms with E-state index in [0.29, 0.717) is 23.9 Å². The Morgan fingerprint density at radius 1 is 1.73 bits per heavy atom. The van der Waals surface area contributed by atoms with E-state index >= 15 is 0 Å². The average molecular weight is 227 g/mol. The third kappa shape index (κ3) is 2.07. The summed E-state index contributed by atoms with van der Waals surface area (Å²) < 4.78 is 0. The van der Waals surface area contributed by atoms with E-state index in [1.807, 2.05) is 0 Å². The highest BCUT2D eigenvalue weighted by Gasteiger charge is 2.23. The third-order valence-electron chi connectivity index (χ3n) is 1.96. The van der Waals surface area contributed by atoms with Crippen molar-refractivity contribution in [3.05, 3.63) is 11.1 Å². The van der Waals surface area contributed by atoms with Crippen LogP contribution in [0.4, 0.5) is 9.93 Å². The van der Waals surface area contributed by atoms with Crippen LogP contribution in [0.1, 0.15) is 5.69 Å². The molecule has 1 aliphatic heterocycles. The molecule has 0 saturated carbocycles. The van der Waals surface area contributed by atoms with Gasteiger partial charge < -0.3 is 10.4 Å². The fourth-order valence-electron chi connectivity index (χ4n) is 1.31. The summed E-state index contributed by atoms with van der Waals surface area (Å²) in [7, 11) is 0. The van der Waals surface area contributed by atoms with Crippen LogP contribution in [0.15, 0.2) is 5.38 Å². The van der Waals surface area contributed by atoms with Gasteiger partial charge in [0.1, 0.15) is 0 Å². The molecule has 0 aromatic carbocycles.